The number of pyridine rings is 1. The molecule has 0 bridgehead atoms. The molecule has 2 unspecified atom stereocenters. The molecule has 2 aliphatic rings. The van der Waals surface area contributed by atoms with E-state index in [9.17, 15) is 9.18 Å². The van der Waals surface area contributed by atoms with Gasteiger partial charge in [-0.05, 0) is 20.9 Å². The Morgan fingerprint density at radius 1 is 1.25 bits per heavy atom. The number of hydrogen-bond acceptors (Lipinski definition) is 6. The van der Waals surface area contributed by atoms with Gasteiger partial charge in [-0.1, -0.05) is 0 Å². The number of likely N-dealkylation sites (N-methyl/N-ethyl adjacent to an activating group) is 1. The lowest BCUT2D eigenvalue weighted by atomic mass is 10.1. The topological polar surface area (TPSA) is 66.3 Å². The van der Waals surface area contributed by atoms with E-state index in [1.165, 1.54) is 4.57 Å². The molecule has 0 saturated carbocycles. The Labute approximate surface area is 139 Å². The highest BCUT2D eigenvalue weighted by Gasteiger charge is 2.35. The van der Waals surface area contributed by atoms with E-state index in [1.54, 1.807) is 14.0 Å². The monoisotopic (exact) mass is 332 g/mol. The molecular weight excluding hydrogens is 311 g/mol. The molecule has 4 rings (SSSR count). The van der Waals surface area contributed by atoms with Crippen molar-refractivity contribution in [3.05, 3.63) is 22.0 Å². The molecular formula is C16H21FN6O. The SMILES string of the molecule is Cc1nc2c3c(nc(=O)n2C)N2CC(C)N(C)CC2CNc3c1F. The van der Waals surface area contributed by atoms with Crippen LogP contribution in [0.25, 0.3) is 11.0 Å². The van der Waals surface area contributed by atoms with Crippen molar-refractivity contribution in [3.63, 3.8) is 0 Å². The first kappa shape index (κ1) is 15.3. The average Bonchev–Trinajstić information content (AvgIpc) is 2.68. The van der Waals surface area contributed by atoms with Crippen LogP contribution in [0.2, 0.25) is 0 Å². The number of halogens is 1. The Balaban J connectivity index is 2.05. The Morgan fingerprint density at radius 3 is 2.75 bits per heavy atom. The molecule has 2 aromatic heterocycles. The van der Waals surface area contributed by atoms with Crippen molar-refractivity contribution < 1.29 is 4.39 Å². The maximum absolute atomic E-state index is 14.7. The fourth-order valence-corrected chi connectivity index (χ4v) is 3.64. The van der Waals surface area contributed by atoms with Crippen molar-refractivity contribution in [3.8, 4) is 0 Å². The number of hydrogen-bond donors (Lipinski definition) is 1. The van der Waals surface area contributed by atoms with Gasteiger partial charge in [0.05, 0.1) is 22.8 Å². The van der Waals surface area contributed by atoms with E-state index in [2.05, 4.69) is 39.1 Å². The summed E-state index contributed by atoms with van der Waals surface area (Å²) in [4.78, 5) is 25.3. The van der Waals surface area contributed by atoms with Crippen LogP contribution in [-0.2, 0) is 7.05 Å². The van der Waals surface area contributed by atoms with E-state index >= 15 is 0 Å². The standard InChI is InChI=1S/C16H21FN6O/c1-8-6-23-10(7-21(8)3)5-18-13-11-14(19-9(2)12(13)17)22(4)16(24)20-15(11)23/h8,10,18H,5-7H2,1-4H3. The molecule has 0 spiro atoms. The van der Waals surface area contributed by atoms with Gasteiger partial charge in [0.1, 0.15) is 11.5 Å². The maximum atomic E-state index is 14.7. The molecule has 1 saturated heterocycles. The number of anilines is 2. The van der Waals surface area contributed by atoms with Gasteiger partial charge in [0.15, 0.2) is 5.82 Å². The van der Waals surface area contributed by atoms with Crippen LogP contribution in [0, 0.1) is 12.7 Å². The second kappa shape index (κ2) is 5.14. The first-order valence-electron chi connectivity index (χ1n) is 8.16. The van der Waals surface area contributed by atoms with Crippen molar-refractivity contribution in [1.82, 2.24) is 19.4 Å². The minimum Gasteiger partial charge on any atom is -0.380 e. The summed E-state index contributed by atoms with van der Waals surface area (Å²) < 4.78 is 16.1. The highest BCUT2D eigenvalue weighted by molar-refractivity contribution is 5.99. The fourth-order valence-electron chi connectivity index (χ4n) is 3.64. The minimum absolute atomic E-state index is 0.126. The minimum atomic E-state index is -0.370. The number of nitrogens with one attached hydrogen (secondary N) is 1. The second-order valence-corrected chi connectivity index (χ2v) is 6.84. The van der Waals surface area contributed by atoms with E-state index in [4.69, 9.17) is 0 Å². The van der Waals surface area contributed by atoms with Crippen LogP contribution in [-0.4, -0.2) is 58.2 Å². The summed E-state index contributed by atoms with van der Waals surface area (Å²) in [6, 6.07) is 0.452. The summed E-state index contributed by atoms with van der Waals surface area (Å²) in [6.45, 7) is 5.93. The molecule has 2 atom stereocenters. The van der Waals surface area contributed by atoms with Gasteiger partial charge in [-0.3, -0.25) is 9.47 Å². The highest BCUT2D eigenvalue weighted by Crippen LogP contribution is 2.36. The average molecular weight is 332 g/mol. The molecule has 24 heavy (non-hydrogen) atoms. The van der Waals surface area contributed by atoms with Crippen LogP contribution in [0.15, 0.2) is 4.79 Å². The van der Waals surface area contributed by atoms with Gasteiger partial charge in [0.2, 0.25) is 0 Å². The van der Waals surface area contributed by atoms with Crippen molar-refractivity contribution in [2.24, 2.45) is 7.05 Å². The summed E-state index contributed by atoms with van der Waals surface area (Å²) in [5.74, 6) is 0.176. The molecule has 0 aromatic carbocycles. The van der Waals surface area contributed by atoms with E-state index in [0.29, 0.717) is 35.1 Å². The van der Waals surface area contributed by atoms with Gasteiger partial charge < -0.3 is 10.2 Å². The molecule has 0 amide bonds. The Hall–Kier alpha value is -2.22. The van der Waals surface area contributed by atoms with E-state index < -0.39 is 0 Å². The zero-order chi connectivity index (χ0) is 17.2. The predicted molar refractivity (Wildman–Crippen MR) is 91.2 cm³/mol. The fraction of sp³-hybridized carbons (Fsp3) is 0.562. The number of aryl methyl sites for hydroxylation is 2. The molecule has 2 aromatic rings. The molecule has 7 nitrogen and oxygen atoms in total. The number of rotatable bonds is 0. The van der Waals surface area contributed by atoms with Crippen LogP contribution in [0.1, 0.15) is 12.6 Å². The van der Waals surface area contributed by atoms with E-state index in [-0.39, 0.29) is 23.2 Å². The van der Waals surface area contributed by atoms with Gasteiger partial charge in [0.25, 0.3) is 0 Å². The molecule has 1 fully saturated rings. The van der Waals surface area contributed by atoms with E-state index in [1.807, 2.05) is 0 Å². The van der Waals surface area contributed by atoms with Crippen molar-refractivity contribution >= 4 is 22.5 Å². The van der Waals surface area contributed by atoms with Crippen LogP contribution in [0.3, 0.4) is 0 Å². The van der Waals surface area contributed by atoms with Gasteiger partial charge in [-0.15, -0.1) is 0 Å². The zero-order valence-electron chi connectivity index (χ0n) is 14.3. The van der Waals surface area contributed by atoms with Crippen molar-refractivity contribution in [2.75, 3.05) is 36.9 Å². The molecule has 8 heteroatoms. The zero-order valence-corrected chi connectivity index (χ0v) is 14.3. The van der Waals surface area contributed by atoms with Crippen LogP contribution in [0.5, 0.6) is 0 Å². The number of piperazine rings is 1. The molecule has 4 heterocycles. The smallest absolute Gasteiger partial charge is 0.350 e. The third-order valence-electron chi connectivity index (χ3n) is 5.25. The summed E-state index contributed by atoms with van der Waals surface area (Å²) in [5, 5.41) is 3.84. The summed E-state index contributed by atoms with van der Waals surface area (Å²) >= 11 is 0. The summed E-state index contributed by atoms with van der Waals surface area (Å²) in [7, 11) is 3.71. The van der Waals surface area contributed by atoms with Crippen LogP contribution < -0.4 is 15.9 Å². The summed E-state index contributed by atoms with van der Waals surface area (Å²) in [5.41, 5.74) is 0.788. The molecule has 2 aliphatic heterocycles. The largest absolute Gasteiger partial charge is 0.380 e. The maximum Gasteiger partial charge on any atom is 0.350 e. The molecule has 1 N–H and O–H groups in total. The van der Waals surface area contributed by atoms with Crippen LogP contribution in [0.4, 0.5) is 15.9 Å². The summed E-state index contributed by atoms with van der Waals surface area (Å²) in [6.07, 6.45) is 0. The number of nitrogens with zero attached hydrogens (tertiary/aromatic N) is 5. The Kier molecular flexibility index (Phi) is 3.28. The van der Waals surface area contributed by atoms with Gasteiger partial charge in [0, 0.05) is 32.7 Å². The first-order valence-corrected chi connectivity index (χ1v) is 8.16. The molecule has 0 radical (unpaired) electrons. The lowest BCUT2D eigenvalue weighted by Crippen LogP contribution is -2.58. The van der Waals surface area contributed by atoms with Crippen molar-refractivity contribution in [1.29, 1.82) is 0 Å². The van der Waals surface area contributed by atoms with Gasteiger partial charge in [-0.2, -0.15) is 4.98 Å². The highest BCUT2D eigenvalue weighted by atomic mass is 19.1. The lowest BCUT2D eigenvalue weighted by Gasteiger charge is -2.43. The lowest BCUT2D eigenvalue weighted by molar-refractivity contribution is 0.203. The van der Waals surface area contributed by atoms with Gasteiger partial charge in [-0.25, -0.2) is 14.2 Å². The number of aromatic nitrogens is 3. The van der Waals surface area contributed by atoms with Crippen LogP contribution >= 0.6 is 0 Å². The number of fused-ring (bicyclic) bond motifs is 2. The Bertz CT molecular complexity index is 894. The van der Waals surface area contributed by atoms with E-state index in [0.717, 1.165) is 13.1 Å². The third-order valence-corrected chi connectivity index (χ3v) is 5.25. The first-order chi connectivity index (χ1) is 11.4. The normalized spacial score (nSPS) is 23.8. The molecule has 128 valence electrons. The third kappa shape index (κ3) is 2.02. The Morgan fingerprint density at radius 2 is 2.00 bits per heavy atom. The predicted octanol–water partition coefficient (Wildman–Crippen LogP) is 0.710. The second-order valence-electron chi connectivity index (χ2n) is 6.84. The van der Waals surface area contributed by atoms with Gasteiger partial charge >= 0.3 is 5.69 Å². The van der Waals surface area contributed by atoms with Crippen molar-refractivity contribution in [2.45, 2.75) is 25.9 Å². The quantitative estimate of drug-likeness (QED) is 0.766. The molecule has 0 aliphatic carbocycles.